The number of non-ortho nitro benzene ring substituents is 1. The first-order chi connectivity index (χ1) is 9.47. The van der Waals surface area contributed by atoms with Gasteiger partial charge in [-0.15, -0.1) is 0 Å². The molecule has 6 heteroatoms. The van der Waals surface area contributed by atoms with Gasteiger partial charge in [0.2, 0.25) is 0 Å². The standard InChI is InChI=1S/C14H12Cl2N2O2/c1-9-2-4-10(5-3-9)8-17-14-12(15)6-11(18(19)20)7-13(14)16/h2-7,17H,8H2,1H3. The van der Waals surface area contributed by atoms with E-state index >= 15 is 0 Å². The highest BCUT2D eigenvalue weighted by Crippen LogP contribution is 2.34. The second-order valence-corrected chi connectivity index (χ2v) is 5.20. The lowest BCUT2D eigenvalue weighted by Crippen LogP contribution is -2.01. The zero-order chi connectivity index (χ0) is 14.7. The third-order valence-corrected chi connectivity index (χ3v) is 3.42. The highest BCUT2D eigenvalue weighted by molar-refractivity contribution is 6.39. The van der Waals surface area contributed by atoms with Crippen LogP contribution < -0.4 is 5.32 Å². The Bertz CT molecular complexity index is 619. The first kappa shape index (κ1) is 14.6. The Morgan fingerprint density at radius 2 is 1.70 bits per heavy atom. The predicted octanol–water partition coefficient (Wildman–Crippen LogP) is 4.82. The average Bonchev–Trinajstić information content (AvgIpc) is 2.39. The summed E-state index contributed by atoms with van der Waals surface area (Å²) in [5.74, 6) is 0. The second-order valence-electron chi connectivity index (χ2n) is 4.38. The van der Waals surface area contributed by atoms with Gasteiger partial charge in [0.05, 0.1) is 20.7 Å². The molecule has 0 saturated carbocycles. The van der Waals surface area contributed by atoms with Crippen molar-refractivity contribution in [1.29, 1.82) is 0 Å². The van der Waals surface area contributed by atoms with E-state index in [9.17, 15) is 10.1 Å². The topological polar surface area (TPSA) is 55.2 Å². The van der Waals surface area contributed by atoms with Crippen LogP contribution in [0.5, 0.6) is 0 Å². The molecule has 0 spiro atoms. The van der Waals surface area contributed by atoms with E-state index in [-0.39, 0.29) is 15.7 Å². The molecule has 20 heavy (non-hydrogen) atoms. The van der Waals surface area contributed by atoms with Gasteiger partial charge in [-0.2, -0.15) is 0 Å². The predicted molar refractivity (Wildman–Crippen MR) is 81.6 cm³/mol. The average molecular weight is 311 g/mol. The van der Waals surface area contributed by atoms with Crippen LogP contribution in [0.15, 0.2) is 36.4 Å². The van der Waals surface area contributed by atoms with Crippen molar-refractivity contribution in [1.82, 2.24) is 0 Å². The number of halogens is 2. The molecule has 2 aromatic carbocycles. The van der Waals surface area contributed by atoms with Crippen molar-refractivity contribution in [3.8, 4) is 0 Å². The number of nitrogens with zero attached hydrogens (tertiary/aromatic N) is 1. The van der Waals surface area contributed by atoms with Gasteiger partial charge >= 0.3 is 0 Å². The van der Waals surface area contributed by atoms with E-state index in [2.05, 4.69) is 5.32 Å². The number of nitro benzene ring substituents is 1. The number of nitro groups is 1. The van der Waals surface area contributed by atoms with Gasteiger partial charge in [-0.1, -0.05) is 53.0 Å². The van der Waals surface area contributed by atoms with E-state index < -0.39 is 4.92 Å². The number of aryl methyl sites for hydroxylation is 1. The first-order valence-electron chi connectivity index (χ1n) is 5.90. The zero-order valence-corrected chi connectivity index (χ0v) is 12.2. The van der Waals surface area contributed by atoms with Crippen LogP contribution in [0, 0.1) is 17.0 Å². The number of hydrogen-bond donors (Lipinski definition) is 1. The molecule has 2 aromatic rings. The molecule has 0 aliphatic rings. The molecule has 0 bridgehead atoms. The molecule has 104 valence electrons. The van der Waals surface area contributed by atoms with Crippen molar-refractivity contribution in [2.45, 2.75) is 13.5 Å². The Balaban J connectivity index is 2.17. The van der Waals surface area contributed by atoms with E-state index in [1.807, 2.05) is 31.2 Å². The quantitative estimate of drug-likeness (QED) is 0.650. The number of benzene rings is 2. The third-order valence-electron chi connectivity index (χ3n) is 2.83. The van der Waals surface area contributed by atoms with Crippen LogP contribution >= 0.6 is 23.2 Å². The van der Waals surface area contributed by atoms with Crippen LogP contribution in [0.1, 0.15) is 11.1 Å². The molecule has 0 atom stereocenters. The van der Waals surface area contributed by atoms with E-state index in [0.29, 0.717) is 12.2 Å². The number of rotatable bonds is 4. The molecule has 0 amide bonds. The number of anilines is 1. The normalized spacial score (nSPS) is 10.3. The van der Waals surface area contributed by atoms with E-state index in [4.69, 9.17) is 23.2 Å². The van der Waals surface area contributed by atoms with Crippen LogP contribution in [0.2, 0.25) is 10.0 Å². The van der Waals surface area contributed by atoms with Gasteiger partial charge in [-0.25, -0.2) is 0 Å². The summed E-state index contributed by atoms with van der Waals surface area (Å²) in [6, 6.07) is 10.6. The van der Waals surface area contributed by atoms with E-state index in [1.54, 1.807) is 0 Å². The van der Waals surface area contributed by atoms with E-state index in [1.165, 1.54) is 17.7 Å². The zero-order valence-electron chi connectivity index (χ0n) is 10.7. The maximum Gasteiger partial charge on any atom is 0.272 e. The largest absolute Gasteiger partial charge is 0.379 e. The minimum Gasteiger partial charge on any atom is -0.379 e. The molecule has 0 unspecified atom stereocenters. The second kappa shape index (κ2) is 6.11. The van der Waals surface area contributed by atoms with Crippen molar-refractivity contribution in [2.24, 2.45) is 0 Å². The van der Waals surface area contributed by atoms with Crippen molar-refractivity contribution in [3.05, 3.63) is 67.7 Å². The molecular formula is C14H12Cl2N2O2. The minimum atomic E-state index is -0.526. The summed E-state index contributed by atoms with van der Waals surface area (Å²) in [6.45, 7) is 2.55. The Hall–Kier alpha value is -1.78. The molecule has 0 heterocycles. The molecule has 0 saturated heterocycles. The van der Waals surface area contributed by atoms with Gasteiger partial charge in [0.1, 0.15) is 0 Å². The molecule has 0 fully saturated rings. The summed E-state index contributed by atoms with van der Waals surface area (Å²) in [5, 5.41) is 14.3. The van der Waals surface area contributed by atoms with Crippen molar-refractivity contribution < 1.29 is 4.92 Å². The maximum atomic E-state index is 10.7. The third kappa shape index (κ3) is 3.40. The molecule has 0 radical (unpaired) electrons. The van der Waals surface area contributed by atoms with Crippen LogP contribution in [-0.2, 0) is 6.54 Å². The number of nitrogens with one attached hydrogen (secondary N) is 1. The summed E-state index contributed by atoms with van der Waals surface area (Å²) in [4.78, 5) is 10.2. The molecule has 1 N–H and O–H groups in total. The number of hydrogen-bond acceptors (Lipinski definition) is 3. The summed E-state index contributed by atoms with van der Waals surface area (Å²) >= 11 is 12.0. The molecule has 2 rings (SSSR count). The summed E-state index contributed by atoms with van der Waals surface area (Å²) in [6.07, 6.45) is 0. The van der Waals surface area contributed by atoms with Gasteiger partial charge in [0.15, 0.2) is 0 Å². The van der Waals surface area contributed by atoms with E-state index in [0.717, 1.165) is 5.56 Å². The van der Waals surface area contributed by atoms with Crippen molar-refractivity contribution in [2.75, 3.05) is 5.32 Å². The Morgan fingerprint density at radius 3 is 2.20 bits per heavy atom. The van der Waals surface area contributed by atoms with Gasteiger partial charge in [0, 0.05) is 18.7 Å². The van der Waals surface area contributed by atoms with Gasteiger partial charge < -0.3 is 5.32 Å². The van der Waals surface area contributed by atoms with Crippen LogP contribution in [0.4, 0.5) is 11.4 Å². The lowest BCUT2D eigenvalue weighted by Gasteiger charge is -2.10. The fourth-order valence-corrected chi connectivity index (χ4v) is 2.34. The Kier molecular flexibility index (Phi) is 4.47. The molecule has 4 nitrogen and oxygen atoms in total. The van der Waals surface area contributed by atoms with Crippen molar-refractivity contribution >= 4 is 34.6 Å². The summed E-state index contributed by atoms with van der Waals surface area (Å²) in [5.41, 5.74) is 2.63. The highest BCUT2D eigenvalue weighted by Gasteiger charge is 2.14. The SMILES string of the molecule is Cc1ccc(CNc2c(Cl)cc([N+](=O)[O-])cc2Cl)cc1. The monoisotopic (exact) mass is 310 g/mol. The fraction of sp³-hybridized carbons (Fsp3) is 0.143. The minimum absolute atomic E-state index is 0.124. The smallest absolute Gasteiger partial charge is 0.272 e. The maximum absolute atomic E-state index is 10.7. The fourth-order valence-electron chi connectivity index (χ4n) is 1.73. The van der Waals surface area contributed by atoms with Crippen LogP contribution in [0.25, 0.3) is 0 Å². The molecular weight excluding hydrogens is 299 g/mol. The van der Waals surface area contributed by atoms with Gasteiger partial charge in [-0.3, -0.25) is 10.1 Å². The summed E-state index contributed by atoms with van der Waals surface area (Å²) in [7, 11) is 0. The van der Waals surface area contributed by atoms with Crippen LogP contribution in [0.3, 0.4) is 0 Å². The van der Waals surface area contributed by atoms with Crippen LogP contribution in [-0.4, -0.2) is 4.92 Å². The lowest BCUT2D eigenvalue weighted by atomic mass is 10.1. The van der Waals surface area contributed by atoms with Crippen molar-refractivity contribution in [3.63, 3.8) is 0 Å². The molecule has 0 aliphatic carbocycles. The molecule has 0 aliphatic heterocycles. The Labute approximate surface area is 126 Å². The van der Waals surface area contributed by atoms with Gasteiger partial charge in [-0.05, 0) is 12.5 Å². The molecule has 0 aromatic heterocycles. The summed E-state index contributed by atoms with van der Waals surface area (Å²) < 4.78 is 0. The first-order valence-corrected chi connectivity index (χ1v) is 6.66. The highest BCUT2D eigenvalue weighted by atomic mass is 35.5. The van der Waals surface area contributed by atoms with Gasteiger partial charge in [0.25, 0.3) is 5.69 Å². The lowest BCUT2D eigenvalue weighted by molar-refractivity contribution is -0.384. The Morgan fingerprint density at radius 1 is 1.15 bits per heavy atom.